The lowest BCUT2D eigenvalue weighted by atomic mass is 10.2. The number of benzene rings is 1. The van der Waals surface area contributed by atoms with Crippen LogP contribution in [0.25, 0.3) is 11.0 Å². The SMILES string of the molecule is c1cncc(CN2CN=C3NC(c4cccnc4)n4c(nc5ccccc54)N3C2)c1. The minimum atomic E-state index is -0.110. The summed E-state index contributed by atoms with van der Waals surface area (Å²) in [5, 5.41) is 3.61. The number of guanidine groups is 1. The fraction of sp³-hybridized carbons (Fsp3) is 0.182. The maximum absolute atomic E-state index is 4.96. The number of pyridine rings is 2. The summed E-state index contributed by atoms with van der Waals surface area (Å²) in [6, 6.07) is 16.3. The van der Waals surface area contributed by atoms with Gasteiger partial charge in [-0.25, -0.2) is 9.98 Å². The van der Waals surface area contributed by atoms with Crippen LogP contribution >= 0.6 is 0 Å². The van der Waals surface area contributed by atoms with E-state index >= 15 is 0 Å². The fourth-order valence-corrected chi connectivity index (χ4v) is 4.13. The van der Waals surface area contributed by atoms with Gasteiger partial charge in [-0.2, -0.15) is 0 Å². The highest BCUT2D eigenvalue weighted by Crippen LogP contribution is 2.33. The molecule has 0 radical (unpaired) electrons. The summed E-state index contributed by atoms with van der Waals surface area (Å²) in [6.45, 7) is 2.10. The minimum absolute atomic E-state index is 0.110. The molecule has 0 saturated carbocycles. The van der Waals surface area contributed by atoms with Crippen molar-refractivity contribution in [2.75, 3.05) is 18.2 Å². The van der Waals surface area contributed by atoms with Gasteiger partial charge >= 0.3 is 0 Å². The molecule has 148 valence electrons. The molecule has 0 aliphatic carbocycles. The molecule has 30 heavy (non-hydrogen) atoms. The number of rotatable bonds is 3. The lowest BCUT2D eigenvalue weighted by Crippen LogP contribution is -2.57. The number of para-hydroxylation sites is 2. The van der Waals surface area contributed by atoms with E-state index in [-0.39, 0.29) is 6.17 Å². The third kappa shape index (κ3) is 2.81. The summed E-state index contributed by atoms with van der Waals surface area (Å²) in [7, 11) is 0. The van der Waals surface area contributed by atoms with Gasteiger partial charge in [0.25, 0.3) is 0 Å². The highest BCUT2D eigenvalue weighted by Gasteiger charge is 2.35. The van der Waals surface area contributed by atoms with E-state index in [1.165, 1.54) is 5.56 Å². The third-order valence-electron chi connectivity index (χ3n) is 5.49. The first-order valence-corrected chi connectivity index (χ1v) is 9.93. The third-order valence-corrected chi connectivity index (χ3v) is 5.49. The number of anilines is 1. The van der Waals surface area contributed by atoms with Crippen molar-refractivity contribution in [1.29, 1.82) is 0 Å². The molecule has 2 aliphatic heterocycles. The van der Waals surface area contributed by atoms with Crippen molar-refractivity contribution in [3.05, 3.63) is 84.4 Å². The molecule has 0 bridgehead atoms. The van der Waals surface area contributed by atoms with Crippen molar-refractivity contribution in [3.63, 3.8) is 0 Å². The first-order chi connectivity index (χ1) is 14.9. The van der Waals surface area contributed by atoms with Crippen molar-refractivity contribution >= 4 is 22.9 Å². The summed E-state index contributed by atoms with van der Waals surface area (Å²) in [5.41, 5.74) is 4.29. The summed E-state index contributed by atoms with van der Waals surface area (Å²) in [6.07, 6.45) is 7.28. The van der Waals surface area contributed by atoms with E-state index in [1.807, 2.05) is 36.7 Å². The van der Waals surface area contributed by atoms with Gasteiger partial charge in [0.05, 0.1) is 24.4 Å². The molecule has 3 aromatic heterocycles. The smallest absolute Gasteiger partial charge is 0.216 e. The van der Waals surface area contributed by atoms with Crippen LogP contribution in [0.1, 0.15) is 17.3 Å². The summed E-state index contributed by atoms with van der Waals surface area (Å²) in [5.74, 6) is 1.73. The maximum Gasteiger partial charge on any atom is 0.216 e. The van der Waals surface area contributed by atoms with Crippen molar-refractivity contribution < 1.29 is 0 Å². The van der Waals surface area contributed by atoms with Crippen molar-refractivity contribution in [2.45, 2.75) is 12.7 Å². The topological polar surface area (TPSA) is 74.5 Å². The molecule has 1 N–H and O–H groups in total. The van der Waals surface area contributed by atoms with E-state index in [2.05, 4.69) is 53.9 Å². The quantitative estimate of drug-likeness (QED) is 0.574. The Hall–Kier alpha value is -3.78. The predicted molar refractivity (Wildman–Crippen MR) is 115 cm³/mol. The number of hydrogen-bond acceptors (Lipinski definition) is 7. The maximum atomic E-state index is 4.96. The van der Waals surface area contributed by atoms with Crippen LogP contribution in [0.3, 0.4) is 0 Å². The Bertz CT molecular complexity index is 1220. The van der Waals surface area contributed by atoms with E-state index in [9.17, 15) is 0 Å². The van der Waals surface area contributed by atoms with Crippen molar-refractivity contribution in [3.8, 4) is 0 Å². The highest BCUT2D eigenvalue weighted by atomic mass is 15.5. The van der Waals surface area contributed by atoms with Gasteiger partial charge in [0.1, 0.15) is 6.17 Å². The second-order valence-electron chi connectivity index (χ2n) is 7.49. The number of nitrogens with one attached hydrogen (secondary N) is 1. The molecule has 1 atom stereocenters. The van der Waals surface area contributed by atoms with Crippen molar-refractivity contribution in [1.82, 2.24) is 29.7 Å². The van der Waals surface area contributed by atoms with E-state index in [1.54, 1.807) is 12.4 Å². The van der Waals surface area contributed by atoms with Crippen LogP contribution in [0.2, 0.25) is 0 Å². The standard InChI is InChI=1S/C22H20N8/c1-2-8-19-18(7-1)26-22-29-15-28(13-16-5-3-9-23-11-16)14-25-21(29)27-20(30(19)22)17-6-4-10-24-12-17/h1-12,20H,13-15H2,(H,25,27). The summed E-state index contributed by atoms with van der Waals surface area (Å²) >= 11 is 0. The van der Waals surface area contributed by atoms with Crippen LogP contribution in [0.5, 0.6) is 0 Å². The van der Waals surface area contributed by atoms with Crippen LogP contribution in [0.4, 0.5) is 5.95 Å². The van der Waals surface area contributed by atoms with Gasteiger partial charge in [0.2, 0.25) is 11.9 Å². The molecular formula is C22H20N8. The second kappa shape index (κ2) is 6.93. The first-order valence-electron chi connectivity index (χ1n) is 9.93. The van der Waals surface area contributed by atoms with Gasteiger partial charge in [-0.05, 0) is 29.8 Å². The lowest BCUT2D eigenvalue weighted by molar-refractivity contribution is 0.263. The number of aliphatic imine (C=N–C) groups is 1. The lowest BCUT2D eigenvalue weighted by Gasteiger charge is -2.41. The van der Waals surface area contributed by atoms with E-state index in [0.29, 0.717) is 13.3 Å². The summed E-state index contributed by atoms with van der Waals surface area (Å²) < 4.78 is 2.24. The molecule has 1 aromatic carbocycles. The van der Waals surface area contributed by atoms with Gasteiger partial charge in [0.15, 0.2) is 0 Å². The largest absolute Gasteiger partial charge is 0.331 e. The van der Waals surface area contributed by atoms with E-state index < -0.39 is 0 Å². The Morgan fingerprint density at radius 2 is 1.83 bits per heavy atom. The molecule has 8 heteroatoms. The molecule has 6 rings (SSSR count). The number of fused-ring (bicyclic) bond motifs is 5. The average Bonchev–Trinajstić information content (AvgIpc) is 3.20. The zero-order valence-electron chi connectivity index (χ0n) is 16.3. The Morgan fingerprint density at radius 1 is 0.967 bits per heavy atom. The molecule has 2 aliphatic rings. The number of hydrogen-bond donors (Lipinski definition) is 1. The van der Waals surface area contributed by atoms with Gasteiger partial charge in [-0.3, -0.25) is 24.3 Å². The second-order valence-corrected chi connectivity index (χ2v) is 7.49. The Labute approximate surface area is 173 Å². The van der Waals surface area contributed by atoms with E-state index in [0.717, 1.165) is 35.0 Å². The van der Waals surface area contributed by atoms with Gasteiger partial charge in [-0.15, -0.1) is 0 Å². The van der Waals surface area contributed by atoms with Gasteiger partial charge < -0.3 is 5.32 Å². The zero-order valence-corrected chi connectivity index (χ0v) is 16.3. The van der Waals surface area contributed by atoms with E-state index in [4.69, 9.17) is 9.98 Å². The summed E-state index contributed by atoms with van der Waals surface area (Å²) in [4.78, 5) is 22.8. The Balaban J connectivity index is 1.42. The van der Waals surface area contributed by atoms with Crippen LogP contribution in [-0.4, -0.2) is 43.7 Å². The molecule has 0 amide bonds. The molecule has 0 saturated heterocycles. The Morgan fingerprint density at radius 3 is 2.67 bits per heavy atom. The van der Waals surface area contributed by atoms with Crippen LogP contribution in [0, 0.1) is 0 Å². The highest BCUT2D eigenvalue weighted by molar-refractivity contribution is 5.98. The van der Waals surface area contributed by atoms with Gasteiger partial charge in [0, 0.05) is 36.9 Å². The first kappa shape index (κ1) is 17.1. The van der Waals surface area contributed by atoms with Crippen molar-refractivity contribution in [2.24, 2.45) is 4.99 Å². The monoisotopic (exact) mass is 396 g/mol. The molecule has 8 nitrogen and oxygen atoms in total. The van der Waals surface area contributed by atoms with Gasteiger partial charge in [-0.1, -0.05) is 24.3 Å². The van der Waals surface area contributed by atoms with Crippen LogP contribution in [0.15, 0.2) is 78.3 Å². The molecule has 4 aromatic rings. The van der Waals surface area contributed by atoms with Crippen LogP contribution < -0.4 is 10.2 Å². The molecule has 1 unspecified atom stereocenters. The molecule has 0 fully saturated rings. The minimum Gasteiger partial charge on any atom is -0.331 e. The number of aromatic nitrogens is 4. The fourth-order valence-electron chi connectivity index (χ4n) is 4.13. The number of nitrogens with zero attached hydrogens (tertiary/aromatic N) is 7. The normalized spacial score (nSPS) is 18.5. The number of imidazole rings is 1. The molecule has 5 heterocycles. The zero-order chi connectivity index (χ0) is 19.9. The predicted octanol–water partition coefficient (Wildman–Crippen LogP) is 2.57. The van der Waals surface area contributed by atoms with Crippen LogP contribution in [-0.2, 0) is 6.54 Å². The molecule has 0 spiro atoms. The average molecular weight is 396 g/mol. The Kier molecular flexibility index (Phi) is 3.95. The molecular weight excluding hydrogens is 376 g/mol.